The van der Waals surface area contributed by atoms with Crippen molar-refractivity contribution in [2.24, 2.45) is 10.2 Å². The predicted octanol–water partition coefficient (Wildman–Crippen LogP) is 10.5. The van der Waals surface area contributed by atoms with Gasteiger partial charge in [-0.25, -0.2) is 4.79 Å². The van der Waals surface area contributed by atoms with Crippen LogP contribution in [0, 0.1) is 0 Å². The summed E-state index contributed by atoms with van der Waals surface area (Å²) in [7, 11) is 0. The molecule has 6 nitrogen and oxygen atoms in total. The molecule has 0 fully saturated rings. The number of carbonyl (C=O) groups excluding carboxylic acids is 1. The van der Waals surface area contributed by atoms with Crippen LogP contribution in [-0.2, 0) is 9.53 Å². The van der Waals surface area contributed by atoms with Crippen molar-refractivity contribution in [3.8, 4) is 11.5 Å². The lowest BCUT2D eigenvalue weighted by molar-refractivity contribution is -0.137. The number of nitrogens with zero attached hydrogens (tertiary/aromatic N) is 2. The lowest BCUT2D eigenvalue weighted by atomic mass is 10.1. The summed E-state index contributed by atoms with van der Waals surface area (Å²) in [6, 6.07) is 15.4. The summed E-state index contributed by atoms with van der Waals surface area (Å²) < 4.78 is 16.7. The lowest BCUT2D eigenvalue weighted by Gasteiger charge is -2.07. The largest absolute Gasteiger partial charge is 0.494 e. The van der Waals surface area contributed by atoms with E-state index in [-0.39, 0.29) is 5.97 Å². The first-order valence-electron chi connectivity index (χ1n) is 15.4. The monoisotopic (exact) mass is 550 g/mol. The maximum Gasteiger partial charge on any atom is 0.330 e. The van der Waals surface area contributed by atoms with Gasteiger partial charge in [0, 0.05) is 6.08 Å². The number of carbonyl (C=O) groups is 1. The van der Waals surface area contributed by atoms with Gasteiger partial charge < -0.3 is 14.2 Å². The molecule has 6 heteroatoms. The molecule has 0 saturated heterocycles. The van der Waals surface area contributed by atoms with Crippen molar-refractivity contribution < 1.29 is 19.0 Å². The van der Waals surface area contributed by atoms with E-state index in [1.165, 1.54) is 70.3 Å². The molecule has 40 heavy (non-hydrogen) atoms. The molecule has 2 aromatic carbocycles. The van der Waals surface area contributed by atoms with Crippen LogP contribution in [0.4, 0.5) is 11.4 Å². The minimum atomic E-state index is -0.362. The molecule has 0 spiro atoms. The molecule has 0 aromatic heterocycles. The maximum atomic E-state index is 11.0. The van der Waals surface area contributed by atoms with Gasteiger partial charge in [0.1, 0.15) is 11.5 Å². The van der Waals surface area contributed by atoms with Gasteiger partial charge in [0.2, 0.25) is 0 Å². The van der Waals surface area contributed by atoms with Gasteiger partial charge in [0.05, 0.1) is 31.2 Å². The molecule has 2 rings (SSSR count). The number of unbranched alkanes of at least 4 members (excludes halogenated alkanes) is 13. The van der Waals surface area contributed by atoms with Crippen molar-refractivity contribution in [2.45, 2.75) is 103 Å². The lowest BCUT2D eigenvalue weighted by Crippen LogP contribution is -2.02. The molecule has 0 saturated carbocycles. The van der Waals surface area contributed by atoms with Gasteiger partial charge in [0.15, 0.2) is 0 Å². The van der Waals surface area contributed by atoms with E-state index in [4.69, 9.17) is 14.2 Å². The number of benzene rings is 2. The Morgan fingerprint density at radius 2 is 0.975 bits per heavy atom. The van der Waals surface area contributed by atoms with Gasteiger partial charge in [-0.2, -0.15) is 10.2 Å². The van der Waals surface area contributed by atoms with E-state index in [9.17, 15) is 4.79 Å². The average molecular weight is 551 g/mol. The number of rotatable bonds is 24. The summed E-state index contributed by atoms with van der Waals surface area (Å²) in [5.41, 5.74) is 1.57. The molecule has 0 atom stereocenters. The summed E-state index contributed by atoms with van der Waals surface area (Å²) in [5.74, 6) is 1.33. The van der Waals surface area contributed by atoms with Crippen molar-refractivity contribution in [1.82, 2.24) is 0 Å². The third kappa shape index (κ3) is 16.7. The van der Waals surface area contributed by atoms with Gasteiger partial charge >= 0.3 is 5.97 Å². The summed E-state index contributed by atoms with van der Waals surface area (Å²) in [6.45, 7) is 7.51. The Kier molecular flexibility index (Phi) is 18.7. The number of hydrogen-bond donors (Lipinski definition) is 0. The molecule has 0 radical (unpaired) electrons. The van der Waals surface area contributed by atoms with Gasteiger partial charge in [0.25, 0.3) is 0 Å². The van der Waals surface area contributed by atoms with Crippen LogP contribution in [0.25, 0.3) is 0 Å². The van der Waals surface area contributed by atoms with Gasteiger partial charge in [-0.1, -0.05) is 77.7 Å². The molecule has 220 valence electrons. The zero-order chi connectivity index (χ0) is 28.5. The van der Waals surface area contributed by atoms with Crippen LogP contribution < -0.4 is 9.47 Å². The molecule has 0 amide bonds. The molecular formula is C34H50N2O4. The minimum Gasteiger partial charge on any atom is -0.494 e. The number of esters is 1. The smallest absolute Gasteiger partial charge is 0.330 e. The van der Waals surface area contributed by atoms with Crippen molar-refractivity contribution in [3.05, 3.63) is 61.2 Å². The second-order valence-corrected chi connectivity index (χ2v) is 10.2. The third-order valence-corrected chi connectivity index (χ3v) is 6.69. The zero-order valence-electron chi connectivity index (χ0n) is 24.7. The number of ether oxygens (including phenoxy) is 3. The molecular weight excluding hydrogens is 500 g/mol. The van der Waals surface area contributed by atoms with Crippen LogP contribution >= 0.6 is 0 Å². The Morgan fingerprint density at radius 1 is 0.600 bits per heavy atom. The van der Waals surface area contributed by atoms with E-state index < -0.39 is 0 Å². The van der Waals surface area contributed by atoms with Crippen LogP contribution in [-0.4, -0.2) is 25.8 Å². The standard InChI is InChI=1S/C34H50N2O4/c1-3-5-6-7-8-9-10-11-12-13-16-27-38-32-23-19-30(20-24-32)35-36-31-21-25-33(26-22-31)39-28-17-14-15-18-29-40-34(37)4-2/h4,19-26H,2-3,5-18,27-29H2,1H3. The number of azo groups is 1. The Bertz CT molecular complexity index is 941. The van der Waals surface area contributed by atoms with E-state index in [1.54, 1.807) is 0 Å². The van der Waals surface area contributed by atoms with Crippen molar-refractivity contribution >= 4 is 17.3 Å². The van der Waals surface area contributed by atoms with E-state index >= 15 is 0 Å². The van der Waals surface area contributed by atoms with Crippen LogP contribution in [0.15, 0.2) is 71.4 Å². The molecule has 0 unspecified atom stereocenters. The topological polar surface area (TPSA) is 69.5 Å². The predicted molar refractivity (Wildman–Crippen MR) is 164 cm³/mol. The normalized spacial score (nSPS) is 11.0. The molecule has 0 heterocycles. The molecule has 0 N–H and O–H groups in total. The van der Waals surface area contributed by atoms with Crippen LogP contribution in [0.3, 0.4) is 0 Å². The van der Waals surface area contributed by atoms with Crippen LogP contribution in [0.1, 0.15) is 103 Å². The van der Waals surface area contributed by atoms with E-state index in [0.29, 0.717) is 13.2 Å². The molecule has 2 aromatic rings. The van der Waals surface area contributed by atoms with Gasteiger partial charge in [-0.15, -0.1) is 0 Å². The second kappa shape index (κ2) is 22.6. The van der Waals surface area contributed by atoms with Gasteiger partial charge in [-0.05, 0) is 80.6 Å². The Morgan fingerprint density at radius 3 is 1.38 bits per heavy atom. The fraction of sp³-hybridized carbons (Fsp3) is 0.559. The fourth-order valence-corrected chi connectivity index (χ4v) is 4.27. The van der Waals surface area contributed by atoms with Crippen LogP contribution in [0.5, 0.6) is 11.5 Å². The summed E-state index contributed by atoms with van der Waals surface area (Å²) in [6.07, 6.45) is 19.7. The highest BCUT2D eigenvalue weighted by Crippen LogP contribution is 2.23. The Hall–Kier alpha value is -3.15. The van der Waals surface area contributed by atoms with E-state index in [2.05, 4.69) is 23.7 Å². The second-order valence-electron chi connectivity index (χ2n) is 10.2. The molecule has 0 aliphatic heterocycles. The fourth-order valence-electron chi connectivity index (χ4n) is 4.27. The zero-order valence-corrected chi connectivity index (χ0v) is 24.7. The molecule has 0 aliphatic carbocycles. The quantitative estimate of drug-likeness (QED) is 0.0564. The number of hydrogen-bond acceptors (Lipinski definition) is 6. The third-order valence-electron chi connectivity index (χ3n) is 6.69. The SMILES string of the molecule is C=CC(=O)OCCCCCCOc1ccc(N=Nc2ccc(OCCCCCCCCCCCCC)cc2)cc1. The van der Waals surface area contributed by atoms with Crippen LogP contribution in [0.2, 0.25) is 0 Å². The highest BCUT2D eigenvalue weighted by molar-refractivity contribution is 5.81. The summed E-state index contributed by atoms with van der Waals surface area (Å²) >= 11 is 0. The average Bonchev–Trinajstić information content (AvgIpc) is 2.99. The Balaban J connectivity index is 1.51. The highest BCUT2D eigenvalue weighted by atomic mass is 16.5. The van der Waals surface area contributed by atoms with E-state index in [0.717, 1.165) is 61.6 Å². The maximum absolute atomic E-state index is 11.0. The van der Waals surface area contributed by atoms with E-state index in [1.807, 2.05) is 48.5 Å². The van der Waals surface area contributed by atoms with Crippen molar-refractivity contribution in [3.63, 3.8) is 0 Å². The molecule has 0 aliphatic rings. The first kappa shape index (κ1) is 33.1. The summed E-state index contributed by atoms with van der Waals surface area (Å²) in [4.78, 5) is 11.0. The summed E-state index contributed by atoms with van der Waals surface area (Å²) in [5, 5.41) is 8.66. The highest BCUT2D eigenvalue weighted by Gasteiger charge is 1.99. The Labute approximate surface area is 242 Å². The van der Waals surface area contributed by atoms with Gasteiger partial charge in [-0.3, -0.25) is 0 Å². The minimum absolute atomic E-state index is 0.362. The first-order chi connectivity index (χ1) is 19.7. The first-order valence-corrected chi connectivity index (χ1v) is 15.4. The van der Waals surface area contributed by atoms with Crippen molar-refractivity contribution in [1.29, 1.82) is 0 Å². The molecule has 0 bridgehead atoms. The van der Waals surface area contributed by atoms with Crippen molar-refractivity contribution in [2.75, 3.05) is 19.8 Å².